The summed E-state index contributed by atoms with van der Waals surface area (Å²) in [6.45, 7) is 9.26. The highest BCUT2D eigenvalue weighted by molar-refractivity contribution is 7.22. The molecule has 1 amide bonds. The Balaban J connectivity index is 1.95. The van der Waals surface area contributed by atoms with E-state index in [1.54, 1.807) is 11.8 Å². The van der Waals surface area contributed by atoms with Gasteiger partial charge in [-0.25, -0.2) is 4.98 Å². The molecule has 0 aliphatic carbocycles. The molecule has 0 saturated heterocycles. The number of benzene rings is 1. The lowest BCUT2D eigenvalue weighted by Gasteiger charge is -2.24. The number of hydrogen-bond acceptors (Lipinski definition) is 7. The largest absolute Gasteiger partial charge is 0.302 e. The number of aromatic nitrogens is 3. The molecule has 0 N–H and O–H groups in total. The van der Waals surface area contributed by atoms with E-state index < -0.39 is 0 Å². The lowest BCUT2D eigenvalue weighted by Crippen LogP contribution is -2.38. The average molecular weight is 410 g/mol. The Morgan fingerprint density at radius 3 is 2.65 bits per heavy atom. The molecule has 3 rings (SSSR count). The van der Waals surface area contributed by atoms with E-state index >= 15 is 0 Å². The number of thiazole rings is 1. The molecule has 0 radical (unpaired) electrons. The maximum atomic E-state index is 13.1. The molecule has 2 heterocycles. The summed E-state index contributed by atoms with van der Waals surface area (Å²) in [5, 5.41) is 5.31. The van der Waals surface area contributed by atoms with Crippen LogP contribution in [0.2, 0.25) is 5.02 Å². The number of fused-ring (bicyclic) bond motifs is 1. The van der Waals surface area contributed by atoms with E-state index in [0.717, 1.165) is 41.4 Å². The van der Waals surface area contributed by atoms with Gasteiger partial charge in [-0.1, -0.05) is 41.3 Å². The second kappa shape index (κ2) is 8.39. The molecule has 0 aliphatic heterocycles. The molecule has 138 valence electrons. The molecule has 3 aromatic rings. The molecule has 0 saturated carbocycles. The first-order valence-corrected chi connectivity index (χ1v) is 10.4. The third kappa shape index (κ3) is 4.03. The number of carbonyl (C=O) groups is 1. The van der Waals surface area contributed by atoms with Crippen LogP contribution in [-0.2, 0) is 0 Å². The number of amides is 1. The second-order valence-corrected chi connectivity index (χ2v) is 7.98. The van der Waals surface area contributed by atoms with Crippen LogP contribution in [0.15, 0.2) is 18.2 Å². The lowest BCUT2D eigenvalue weighted by molar-refractivity contribution is 0.0987. The lowest BCUT2D eigenvalue weighted by atomic mass is 10.3. The van der Waals surface area contributed by atoms with Crippen molar-refractivity contribution in [2.24, 2.45) is 0 Å². The minimum atomic E-state index is -0.102. The Kier molecular flexibility index (Phi) is 6.18. The van der Waals surface area contributed by atoms with E-state index in [0.29, 0.717) is 27.3 Å². The van der Waals surface area contributed by atoms with Crippen LogP contribution in [0.5, 0.6) is 0 Å². The first-order chi connectivity index (χ1) is 12.5. The van der Waals surface area contributed by atoms with Crippen molar-refractivity contribution in [1.29, 1.82) is 0 Å². The van der Waals surface area contributed by atoms with Gasteiger partial charge < -0.3 is 4.90 Å². The SMILES string of the molecule is CCN(CC)CCN(C(=O)c1snnc1C)c1nc2ccc(Cl)cc2s1. The highest BCUT2D eigenvalue weighted by atomic mass is 35.5. The van der Waals surface area contributed by atoms with Gasteiger partial charge in [0.05, 0.1) is 15.9 Å². The van der Waals surface area contributed by atoms with Crippen molar-refractivity contribution in [3.63, 3.8) is 0 Å². The summed E-state index contributed by atoms with van der Waals surface area (Å²) in [6, 6.07) is 5.57. The topological polar surface area (TPSA) is 62.2 Å². The van der Waals surface area contributed by atoms with Gasteiger partial charge in [-0.2, -0.15) is 0 Å². The van der Waals surface area contributed by atoms with Crippen LogP contribution in [0.1, 0.15) is 29.2 Å². The van der Waals surface area contributed by atoms with Gasteiger partial charge in [0.25, 0.3) is 5.91 Å². The first kappa shape index (κ1) is 19.2. The molecular formula is C17H20ClN5OS2. The number of likely N-dealkylation sites (N-methyl/N-ethyl adjacent to an activating group) is 1. The molecular weight excluding hydrogens is 390 g/mol. The molecule has 0 aliphatic rings. The van der Waals surface area contributed by atoms with Crippen LogP contribution in [0, 0.1) is 6.92 Å². The maximum Gasteiger partial charge on any atom is 0.273 e. The molecule has 0 atom stereocenters. The minimum Gasteiger partial charge on any atom is -0.302 e. The quantitative estimate of drug-likeness (QED) is 0.587. The van der Waals surface area contributed by atoms with Gasteiger partial charge in [-0.3, -0.25) is 9.69 Å². The molecule has 0 spiro atoms. The molecule has 0 fully saturated rings. The zero-order chi connectivity index (χ0) is 18.7. The zero-order valence-electron chi connectivity index (χ0n) is 14.9. The Bertz CT molecular complexity index is 906. The Hall–Kier alpha value is -1.61. The van der Waals surface area contributed by atoms with E-state index in [-0.39, 0.29) is 5.91 Å². The van der Waals surface area contributed by atoms with Crippen molar-refractivity contribution >= 4 is 55.7 Å². The Labute approximate surface area is 165 Å². The number of carbonyl (C=O) groups excluding carboxylic acids is 1. The van der Waals surface area contributed by atoms with Crippen LogP contribution in [0.4, 0.5) is 5.13 Å². The monoisotopic (exact) mass is 409 g/mol. The first-order valence-electron chi connectivity index (χ1n) is 8.42. The van der Waals surface area contributed by atoms with Gasteiger partial charge >= 0.3 is 0 Å². The van der Waals surface area contributed by atoms with Crippen molar-refractivity contribution in [2.45, 2.75) is 20.8 Å². The summed E-state index contributed by atoms with van der Waals surface area (Å²) >= 11 is 8.69. The van der Waals surface area contributed by atoms with Crippen molar-refractivity contribution < 1.29 is 4.79 Å². The molecule has 2 aromatic heterocycles. The van der Waals surface area contributed by atoms with Gasteiger partial charge in [0, 0.05) is 18.1 Å². The molecule has 9 heteroatoms. The van der Waals surface area contributed by atoms with Crippen LogP contribution >= 0.6 is 34.5 Å². The summed E-state index contributed by atoms with van der Waals surface area (Å²) in [7, 11) is 0. The summed E-state index contributed by atoms with van der Waals surface area (Å²) < 4.78 is 4.87. The van der Waals surface area contributed by atoms with Crippen LogP contribution in [-0.4, -0.2) is 51.6 Å². The average Bonchev–Trinajstić information content (AvgIpc) is 3.23. The third-order valence-corrected chi connectivity index (χ3v) is 6.29. The predicted octanol–water partition coefficient (Wildman–Crippen LogP) is 4.10. The van der Waals surface area contributed by atoms with Crippen molar-refractivity contribution in [3.8, 4) is 0 Å². The molecule has 1 aromatic carbocycles. The summed E-state index contributed by atoms with van der Waals surface area (Å²) in [6.07, 6.45) is 0. The van der Waals surface area contributed by atoms with Crippen molar-refractivity contribution in [2.75, 3.05) is 31.1 Å². The number of anilines is 1. The fraction of sp³-hybridized carbons (Fsp3) is 0.412. The normalized spacial score (nSPS) is 11.4. The van der Waals surface area contributed by atoms with Gasteiger partial charge in [-0.15, -0.1) is 5.10 Å². The molecule has 0 unspecified atom stereocenters. The van der Waals surface area contributed by atoms with E-state index in [9.17, 15) is 4.79 Å². The van der Waals surface area contributed by atoms with E-state index in [2.05, 4.69) is 33.3 Å². The van der Waals surface area contributed by atoms with Crippen molar-refractivity contribution in [3.05, 3.63) is 33.8 Å². The fourth-order valence-electron chi connectivity index (χ4n) is 2.62. The van der Waals surface area contributed by atoms with Gasteiger partial charge in [0.15, 0.2) is 5.13 Å². The molecule has 6 nitrogen and oxygen atoms in total. The van der Waals surface area contributed by atoms with Crippen LogP contribution in [0.3, 0.4) is 0 Å². The summed E-state index contributed by atoms with van der Waals surface area (Å²) in [5.41, 5.74) is 1.49. The Morgan fingerprint density at radius 2 is 2.00 bits per heavy atom. The van der Waals surface area contributed by atoms with Gasteiger partial charge in [0.1, 0.15) is 4.88 Å². The standard InChI is InChI=1S/C17H20ClN5OS2/c1-4-22(5-2)8-9-23(16(24)15-11(3)20-21-26-15)17-19-13-7-6-12(18)10-14(13)25-17/h6-7,10H,4-5,8-9H2,1-3H3. The number of halogens is 1. The highest BCUT2D eigenvalue weighted by Gasteiger charge is 2.25. The maximum absolute atomic E-state index is 13.1. The molecule has 0 bridgehead atoms. The smallest absolute Gasteiger partial charge is 0.273 e. The number of hydrogen-bond donors (Lipinski definition) is 0. The number of rotatable bonds is 7. The van der Waals surface area contributed by atoms with Crippen LogP contribution in [0.25, 0.3) is 10.2 Å². The number of aryl methyl sites for hydroxylation is 1. The Morgan fingerprint density at radius 1 is 1.23 bits per heavy atom. The van der Waals surface area contributed by atoms with E-state index in [1.807, 2.05) is 18.2 Å². The molecule has 26 heavy (non-hydrogen) atoms. The van der Waals surface area contributed by atoms with E-state index in [1.165, 1.54) is 11.3 Å². The second-order valence-electron chi connectivity index (χ2n) is 5.78. The van der Waals surface area contributed by atoms with Crippen LogP contribution < -0.4 is 4.90 Å². The predicted molar refractivity (Wildman–Crippen MR) is 109 cm³/mol. The highest BCUT2D eigenvalue weighted by Crippen LogP contribution is 2.32. The van der Waals surface area contributed by atoms with Gasteiger partial charge in [0.2, 0.25) is 0 Å². The summed E-state index contributed by atoms with van der Waals surface area (Å²) in [5.74, 6) is -0.102. The zero-order valence-corrected chi connectivity index (χ0v) is 17.3. The fourth-order valence-corrected chi connectivity index (χ4v) is 4.49. The van der Waals surface area contributed by atoms with Gasteiger partial charge in [-0.05, 0) is 49.7 Å². The summed E-state index contributed by atoms with van der Waals surface area (Å²) in [4.78, 5) is 22.4. The van der Waals surface area contributed by atoms with E-state index in [4.69, 9.17) is 11.6 Å². The van der Waals surface area contributed by atoms with Crippen molar-refractivity contribution in [1.82, 2.24) is 19.5 Å². The number of nitrogens with zero attached hydrogens (tertiary/aromatic N) is 5. The third-order valence-electron chi connectivity index (χ3n) is 4.20. The minimum absolute atomic E-state index is 0.102.